The molecule has 242 valence electrons. The molecule has 1 saturated heterocycles. The molecular weight excluding hydrogens is 598 g/mol. The monoisotopic (exact) mass is 632 g/mol. The van der Waals surface area contributed by atoms with Gasteiger partial charge in [0.05, 0.1) is 18.3 Å². The largest absolute Gasteiger partial charge is 0.471 e. The van der Waals surface area contributed by atoms with Crippen LogP contribution in [0.1, 0.15) is 39.5 Å². The van der Waals surface area contributed by atoms with Crippen LogP contribution >= 0.6 is 0 Å². The molecule has 1 aromatic carbocycles. The highest BCUT2D eigenvalue weighted by molar-refractivity contribution is 5.91. The Bertz CT molecular complexity index is 1530. The number of benzene rings is 1. The van der Waals surface area contributed by atoms with E-state index in [9.17, 15) is 23.9 Å². The molecule has 0 aliphatic carbocycles. The summed E-state index contributed by atoms with van der Waals surface area (Å²) >= 11 is 0. The molecule has 1 N–H and O–H groups in total. The van der Waals surface area contributed by atoms with Gasteiger partial charge in [-0.2, -0.15) is 18.7 Å². The number of alkyl halides is 2. The van der Waals surface area contributed by atoms with Gasteiger partial charge in [0, 0.05) is 17.9 Å². The summed E-state index contributed by atoms with van der Waals surface area (Å²) in [6.45, 7) is 5.16. The standard InChI is InChI=1S/C28H34F2N8O7/c1-15(2)23(39)34-27-33-22-20(24(35-27)42-11-17-9-7-6-8-10-17)32-14-38(22)25-21(45-28(29,30)13-41-5)19(36-37-31)18(44-25)12-43-26(40)16(3)4/h6-10,14-16,18-19,21,25H,11-13H2,1-5H3,(H,33,34,35,39)/t18-,19-,21-,25-/m1/s1. The Morgan fingerprint density at radius 3 is 2.56 bits per heavy atom. The van der Waals surface area contributed by atoms with Gasteiger partial charge in [0.25, 0.3) is 0 Å². The van der Waals surface area contributed by atoms with Crippen LogP contribution in [0.2, 0.25) is 0 Å². The van der Waals surface area contributed by atoms with Crippen LogP contribution in [0.5, 0.6) is 5.88 Å². The van der Waals surface area contributed by atoms with Gasteiger partial charge in [0.2, 0.25) is 17.7 Å². The Hall–Kier alpha value is -4.44. The van der Waals surface area contributed by atoms with Gasteiger partial charge in [-0.15, -0.1) is 0 Å². The van der Waals surface area contributed by atoms with Crippen molar-refractivity contribution in [3.05, 3.63) is 52.7 Å². The summed E-state index contributed by atoms with van der Waals surface area (Å²) in [7, 11) is 1.07. The number of nitrogens with zero attached hydrogens (tertiary/aromatic N) is 7. The molecule has 45 heavy (non-hydrogen) atoms. The molecule has 1 fully saturated rings. The van der Waals surface area contributed by atoms with Crippen LogP contribution in [0.15, 0.2) is 41.8 Å². The topological polar surface area (TPSA) is 185 Å². The minimum Gasteiger partial charge on any atom is -0.471 e. The van der Waals surface area contributed by atoms with Crippen molar-refractivity contribution in [2.45, 2.75) is 64.9 Å². The number of fused-ring (bicyclic) bond motifs is 1. The van der Waals surface area contributed by atoms with Crippen LogP contribution in [-0.4, -0.2) is 76.1 Å². The number of anilines is 1. The lowest BCUT2D eigenvalue weighted by molar-refractivity contribution is -0.293. The summed E-state index contributed by atoms with van der Waals surface area (Å²) in [6, 6.07) is 7.83. The Balaban J connectivity index is 1.79. The number of hydrogen-bond donors (Lipinski definition) is 1. The lowest BCUT2D eigenvalue weighted by Crippen LogP contribution is -2.41. The molecule has 3 heterocycles. The SMILES string of the molecule is COCC(F)(F)O[C@@H]1[C@H](N=[N+]=[N-])[C@@H](COC(=O)C(C)C)O[C@H]1n1cnc2c(OCc3ccccc3)nc(NC(=O)C(C)C)nc21. The van der Waals surface area contributed by atoms with E-state index in [0.29, 0.717) is 0 Å². The van der Waals surface area contributed by atoms with Crippen LogP contribution in [0, 0.1) is 11.8 Å². The Labute approximate surface area is 256 Å². The summed E-state index contributed by atoms with van der Waals surface area (Å²) < 4.78 is 58.0. The number of rotatable bonds is 14. The molecule has 0 unspecified atom stereocenters. The van der Waals surface area contributed by atoms with Gasteiger partial charge in [-0.05, 0) is 11.1 Å². The molecule has 2 aromatic heterocycles. The van der Waals surface area contributed by atoms with E-state index in [-0.39, 0.29) is 35.5 Å². The molecule has 3 aromatic rings. The summed E-state index contributed by atoms with van der Waals surface area (Å²) in [4.78, 5) is 40.6. The predicted molar refractivity (Wildman–Crippen MR) is 154 cm³/mol. The van der Waals surface area contributed by atoms with Crippen molar-refractivity contribution in [1.82, 2.24) is 19.5 Å². The highest BCUT2D eigenvalue weighted by Gasteiger charge is 2.51. The zero-order valence-corrected chi connectivity index (χ0v) is 25.3. The van der Waals surface area contributed by atoms with E-state index in [0.717, 1.165) is 12.7 Å². The first-order valence-corrected chi connectivity index (χ1v) is 14.1. The van der Waals surface area contributed by atoms with Gasteiger partial charge >= 0.3 is 12.1 Å². The van der Waals surface area contributed by atoms with Crippen LogP contribution < -0.4 is 10.1 Å². The molecule has 0 saturated carbocycles. The predicted octanol–water partition coefficient (Wildman–Crippen LogP) is 4.40. The average molecular weight is 633 g/mol. The second kappa shape index (κ2) is 14.6. The van der Waals surface area contributed by atoms with E-state index in [1.807, 2.05) is 30.3 Å². The number of amides is 1. The number of ether oxygens (including phenoxy) is 5. The van der Waals surface area contributed by atoms with Gasteiger partial charge in [0.15, 0.2) is 17.4 Å². The number of carbonyl (C=O) groups is 2. The number of hydrogen-bond acceptors (Lipinski definition) is 11. The van der Waals surface area contributed by atoms with Gasteiger partial charge in [-0.3, -0.25) is 19.5 Å². The number of esters is 1. The van der Waals surface area contributed by atoms with Crippen LogP contribution in [-0.2, 0) is 35.1 Å². The third kappa shape index (κ3) is 8.19. The van der Waals surface area contributed by atoms with Crippen molar-refractivity contribution in [3.63, 3.8) is 0 Å². The number of methoxy groups -OCH3 is 1. The number of azide groups is 1. The van der Waals surface area contributed by atoms with Crippen molar-refractivity contribution in [1.29, 1.82) is 0 Å². The van der Waals surface area contributed by atoms with E-state index in [1.54, 1.807) is 27.7 Å². The molecular formula is C28H34F2N8O7. The Kier molecular flexibility index (Phi) is 10.8. The third-order valence-electron chi connectivity index (χ3n) is 6.62. The quantitative estimate of drug-likeness (QED) is 0.116. The number of aromatic nitrogens is 4. The van der Waals surface area contributed by atoms with Crippen LogP contribution in [0.25, 0.3) is 21.6 Å². The number of imidazole rings is 1. The maximum absolute atomic E-state index is 14.8. The maximum Gasteiger partial charge on any atom is 0.379 e. The fourth-order valence-corrected chi connectivity index (χ4v) is 4.35. The molecule has 15 nitrogen and oxygen atoms in total. The smallest absolute Gasteiger partial charge is 0.379 e. The Morgan fingerprint density at radius 2 is 1.91 bits per heavy atom. The first kappa shape index (κ1) is 33.5. The minimum absolute atomic E-state index is 0.00385. The van der Waals surface area contributed by atoms with Crippen LogP contribution in [0.3, 0.4) is 0 Å². The van der Waals surface area contributed by atoms with E-state index in [2.05, 4.69) is 35.0 Å². The average Bonchev–Trinajstić information content (AvgIpc) is 3.56. The molecule has 4 atom stereocenters. The molecule has 1 aliphatic rings. The zero-order valence-electron chi connectivity index (χ0n) is 25.3. The molecule has 17 heteroatoms. The molecule has 0 bridgehead atoms. The van der Waals surface area contributed by atoms with Crippen molar-refractivity contribution in [2.75, 3.05) is 25.6 Å². The number of nitrogens with one attached hydrogen (secondary N) is 1. The molecule has 4 rings (SSSR count). The first-order chi connectivity index (χ1) is 21.4. The van der Waals surface area contributed by atoms with Crippen molar-refractivity contribution < 1.29 is 42.1 Å². The van der Waals surface area contributed by atoms with Gasteiger partial charge in [-0.1, -0.05) is 63.1 Å². The summed E-state index contributed by atoms with van der Waals surface area (Å²) in [6.07, 6.45) is -6.84. The fourth-order valence-electron chi connectivity index (χ4n) is 4.35. The fraction of sp³-hybridized carbons (Fsp3) is 0.536. The van der Waals surface area contributed by atoms with Gasteiger partial charge in [-0.25, -0.2) is 4.98 Å². The van der Waals surface area contributed by atoms with E-state index < -0.39 is 61.6 Å². The zero-order chi connectivity index (χ0) is 32.7. The summed E-state index contributed by atoms with van der Waals surface area (Å²) in [5.74, 6) is -2.00. The first-order valence-electron chi connectivity index (χ1n) is 14.1. The van der Waals surface area contributed by atoms with Crippen molar-refractivity contribution in [2.24, 2.45) is 17.0 Å². The lowest BCUT2D eigenvalue weighted by atomic mass is 10.1. The van der Waals surface area contributed by atoms with Crippen molar-refractivity contribution >= 4 is 29.0 Å². The van der Waals surface area contributed by atoms with Gasteiger partial charge < -0.3 is 23.7 Å². The van der Waals surface area contributed by atoms with E-state index in [4.69, 9.17) is 18.9 Å². The Morgan fingerprint density at radius 1 is 1.18 bits per heavy atom. The molecule has 1 aliphatic heterocycles. The molecule has 0 spiro atoms. The third-order valence-corrected chi connectivity index (χ3v) is 6.62. The van der Waals surface area contributed by atoms with E-state index >= 15 is 0 Å². The number of carbonyl (C=O) groups excluding carboxylic acids is 2. The highest BCUT2D eigenvalue weighted by Crippen LogP contribution is 2.39. The summed E-state index contributed by atoms with van der Waals surface area (Å²) in [5.41, 5.74) is 10.3. The van der Waals surface area contributed by atoms with Crippen LogP contribution in [0.4, 0.5) is 14.7 Å². The highest BCUT2D eigenvalue weighted by atomic mass is 19.3. The lowest BCUT2D eigenvalue weighted by Gasteiger charge is -2.27. The number of halogens is 2. The maximum atomic E-state index is 14.8. The van der Waals surface area contributed by atoms with Gasteiger partial charge in [0.1, 0.15) is 32.0 Å². The minimum atomic E-state index is -3.83. The normalized spacial score (nSPS) is 19.9. The molecule has 0 radical (unpaired) electrons. The van der Waals surface area contributed by atoms with E-state index in [1.165, 1.54) is 10.9 Å². The molecule has 1 amide bonds. The van der Waals surface area contributed by atoms with Crippen molar-refractivity contribution in [3.8, 4) is 5.88 Å². The second-order valence-corrected chi connectivity index (χ2v) is 10.8. The second-order valence-electron chi connectivity index (χ2n) is 10.8. The summed E-state index contributed by atoms with van der Waals surface area (Å²) in [5, 5.41) is 6.28.